The zero-order valence-electron chi connectivity index (χ0n) is 11.0. The van der Waals surface area contributed by atoms with E-state index in [0.717, 1.165) is 18.5 Å². The lowest BCUT2D eigenvalue weighted by Crippen LogP contribution is -2.34. The van der Waals surface area contributed by atoms with Crippen LogP contribution in [0.2, 0.25) is 10.0 Å². The summed E-state index contributed by atoms with van der Waals surface area (Å²) in [7, 11) is 0. The van der Waals surface area contributed by atoms with E-state index in [1.807, 2.05) is 6.07 Å². The number of nitrogens with two attached hydrogens (primary N) is 1. The first-order valence-electron chi connectivity index (χ1n) is 6.19. The highest BCUT2D eigenvalue weighted by atomic mass is 35.5. The number of halogens is 2. The lowest BCUT2D eigenvalue weighted by Gasteiger charge is -2.08. The van der Waals surface area contributed by atoms with E-state index in [-0.39, 0.29) is 0 Å². The summed E-state index contributed by atoms with van der Waals surface area (Å²) in [6.45, 7) is 4.38. The lowest BCUT2D eigenvalue weighted by atomic mass is 10.2. The van der Waals surface area contributed by atoms with E-state index in [1.165, 1.54) is 0 Å². The normalized spacial score (nSPS) is 11.6. The molecule has 0 aromatic heterocycles. The average molecular weight is 304 g/mol. The molecule has 0 amide bonds. The maximum atomic E-state index is 6.03. The summed E-state index contributed by atoms with van der Waals surface area (Å²) >= 11 is 11.8. The predicted octanol–water partition coefficient (Wildman–Crippen LogP) is 2.82. The van der Waals surface area contributed by atoms with Crippen molar-refractivity contribution in [1.82, 2.24) is 5.32 Å². The lowest BCUT2D eigenvalue weighted by molar-refractivity contribution is 0.125. The largest absolute Gasteiger partial charge is 0.375 e. The second-order valence-electron chi connectivity index (χ2n) is 3.98. The molecule has 0 aliphatic rings. The fourth-order valence-corrected chi connectivity index (χ4v) is 1.82. The van der Waals surface area contributed by atoms with Crippen molar-refractivity contribution in [3.63, 3.8) is 0 Å². The Kier molecular flexibility index (Phi) is 7.63. The minimum Gasteiger partial charge on any atom is -0.375 e. The highest BCUT2D eigenvalue weighted by molar-refractivity contribution is 6.35. The van der Waals surface area contributed by atoms with Crippen molar-refractivity contribution < 1.29 is 4.74 Å². The Morgan fingerprint density at radius 1 is 1.42 bits per heavy atom. The average Bonchev–Trinajstić information content (AvgIpc) is 2.38. The van der Waals surface area contributed by atoms with Crippen molar-refractivity contribution in [2.24, 2.45) is 10.7 Å². The van der Waals surface area contributed by atoms with Gasteiger partial charge in [-0.15, -0.1) is 0 Å². The number of nitrogens with one attached hydrogen (secondary N) is 1. The SMILES string of the molecule is CCCN=C(N)NCCOCc1ccc(Cl)cc1Cl. The summed E-state index contributed by atoms with van der Waals surface area (Å²) in [4.78, 5) is 4.11. The molecule has 0 bridgehead atoms. The van der Waals surface area contributed by atoms with Crippen LogP contribution < -0.4 is 11.1 Å². The Morgan fingerprint density at radius 2 is 2.21 bits per heavy atom. The molecule has 0 aliphatic carbocycles. The molecule has 0 fully saturated rings. The van der Waals surface area contributed by atoms with Gasteiger partial charge in [0.25, 0.3) is 0 Å². The first-order chi connectivity index (χ1) is 9.13. The highest BCUT2D eigenvalue weighted by Gasteiger charge is 2.01. The third-order valence-electron chi connectivity index (χ3n) is 2.33. The van der Waals surface area contributed by atoms with E-state index in [9.17, 15) is 0 Å². The standard InChI is InChI=1S/C13H19Cl2N3O/c1-2-5-17-13(16)18-6-7-19-9-10-3-4-11(14)8-12(10)15/h3-4,8H,2,5-7,9H2,1H3,(H3,16,17,18). The van der Waals surface area contributed by atoms with Crippen molar-refractivity contribution >= 4 is 29.2 Å². The van der Waals surface area contributed by atoms with Crippen LogP contribution in [0.15, 0.2) is 23.2 Å². The topological polar surface area (TPSA) is 59.6 Å². The summed E-state index contributed by atoms with van der Waals surface area (Å²) in [5.41, 5.74) is 6.56. The molecular weight excluding hydrogens is 285 g/mol. The van der Waals surface area contributed by atoms with E-state index >= 15 is 0 Å². The van der Waals surface area contributed by atoms with Gasteiger partial charge in [0, 0.05) is 23.1 Å². The first kappa shape index (κ1) is 16.1. The van der Waals surface area contributed by atoms with Crippen LogP contribution in [-0.2, 0) is 11.3 Å². The van der Waals surface area contributed by atoms with Gasteiger partial charge in [0.2, 0.25) is 0 Å². The van der Waals surface area contributed by atoms with Gasteiger partial charge in [-0.25, -0.2) is 0 Å². The van der Waals surface area contributed by atoms with Crippen LogP contribution in [0.5, 0.6) is 0 Å². The van der Waals surface area contributed by atoms with Gasteiger partial charge in [-0.05, 0) is 24.1 Å². The Labute approximate surface area is 123 Å². The second kappa shape index (κ2) is 9.02. The van der Waals surface area contributed by atoms with Crippen molar-refractivity contribution in [1.29, 1.82) is 0 Å². The molecule has 106 valence electrons. The van der Waals surface area contributed by atoms with Crippen LogP contribution in [-0.4, -0.2) is 25.7 Å². The van der Waals surface area contributed by atoms with Gasteiger partial charge in [0.05, 0.1) is 13.2 Å². The fraction of sp³-hybridized carbons (Fsp3) is 0.462. The third-order valence-corrected chi connectivity index (χ3v) is 2.92. The number of nitrogens with zero attached hydrogens (tertiary/aromatic N) is 1. The summed E-state index contributed by atoms with van der Waals surface area (Å²) in [5.74, 6) is 0.454. The first-order valence-corrected chi connectivity index (χ1v) is 6.94. The number of rotatable bonds is 7. The molecule has 3 N–H and O–H groups in total. The van der Waals surface area contributed by atoms with Gasteiger partial charge in [-0.1, -0.05) is 36.2 Å². The maximum Gasteiger partial charge on any atom is 0.188 e. The molecule has 0 atom stereocenters. The minimum absolute atomic E-state index is 0.448. The van der Waals surface area contributed by atoms with E-state index in [4.69, 9.17) is 33.7 Å². The molecule has 0 unspecified atom stereocenters. The minimum atomic E-state index is 0.448. The van der Waals surface area contributed by atoms with Crippen molar-refractivity contribution in [3.05, 3.63) is 33.8 Å². The quantitative estimate of drug-likeness (QED) is 0.462. The molecule has 19 heavy (non-hydrogen) atoms. The molecule has 0 heterocycles. The molecule has 0 radical (unpaired) electrons. The Bertz CT molecular complexity index is 424. The van der Waals surface area contributed by atoms with Gasteiger partial charge in [-0.2, -0.15) is 0 Å². The Balaban J connectivity index is 2.20. The zero-order chi connectivity index (χ0) is 14.1. The summed E-state index contributed by atoms with van der Waals surface area (Å²) in [5, 5.41) is 4.21. The number of ether oxygens (including phenoxy) is 1. The van der Waals surface area contributed by atoms with Gasteiger partial charge < -0.3 is 15.8 Å². The van der Waals surface area contributed by atoms with E-state index in [2.05, 4.69) is 17.2 Å². The fourth-order valence-electron chi connectivity index (χ4n) is 1.36. The molecule has 1 aromatic rings. The number of hydrogen-bond acceptors (Lipinski definition) is 2. The van der Waals surface area contributed by atoms with Crippen molar-refractivity contribution in [2.75, 3.05) is 19.7 Å². The monoisotopic (exact) mass is 303 g/mol. The smallest absolute Gasteiger partial charge is 0.188 e. The molecule has 0 aliphatic heterocycles. The van der Waals surface area contributed by atoms with Crippen LogP contribution in [0.3, 0.4) is 0 Å². The van der Waals surface area contributed by atoms with E-state index in [0.29, 0.717) is 35.8 Å². The van der Waals surface area contributed by atoms with Crippen molar-refractivity contribution in [2.45, 2.75) is 20.0 Å². The van der Waals surface area contributed by atoms with Crippen LogP contribution in [0.25, 0.3) is 0 Å². The summed E-state index contributed by atoms with van der Waals surface area (Å²) < 4.78 is 5.49. The van der Waals surface area contributed by atoms with Crippen LogP contribution in [0.4, 0.5) is 0 Å². The van der Waals surface area contributed by atoms with Crippen molar-refractivity contribution in [3.8, 4) is 0 Å². The van der Waals surface area contributed by atoms with Gasteiger partial charge in [0.1, 0.15) is 0 Å². The molecule has 0 saturated carbocycles. The molecule has 6 heteroatoms. The second-order valence-corrected chi connectivity index (χ2v) is 4.83. The molecule has 0 saturated heterocycles. The number of guanidine groups is 1. The molecule has 4 nitrogen and oxygen atoms in total. The Morgan fingerprint density at radius 3 is 2.89 bits per heavy atom. The predicted molar refractivity (Wildman–Crippen MR) is 80.9 cm³/mol. The Hall–Kier alpha value is -0.970. The van der Waals surface area contributed by atoms with Gasteiger partial charge >= 0.3 is 0 Å². The summed E-state index contributed by atoms with van der Waals surface area (Å²) in [6.07, 6.45) is 0.980. The highest BCUT2D eigenvalue weighted by Crippen LogP contribution is 2.21. The summed E-state index contributed by atoms with van der Waals surface area (Å²) in [6, 6.07) is 5.35. The zero-order valence-corrected chi connectivity index (χ0v) is 12.5. The van der Waals surface area contributed by atoms with E-state index in [1.54, 1.807) is 12.1 Å². The molecule has 0 spiro atoms. The third kappa shape index (κ3) is 6.66. The van der Waals surface area contributed by atoms with Crippen LogP contribution in [0, 0.1) is 0 Å². The number of aliphatic imine (C=N–C) groups is 1. The van der Waals surface area contributed by atoms with E-state index < -0.39 is 0 Å². The molecule has 1 aromatic carbocycles. The van der Waals surface area contributed by atoms with Crippen LogP contribution >= 0.6 is 23.2 Å². The number of benzene rings is 1. The van der Waals surface area contributed by atoms with Gasteiger partial charge in [-0.3, -0.25) is 4.99 Å². The maximum absolute atomic E-state index is 6.03. The van der Waals surface area contributed by atoms with Crippen LogP contribution in [0.1, 0.15) is 18.9 Å². The van der Waals surface area contributed by atoms with Gasteiger partial charge in [0.15, 0.2) is 5.96 Å². The molecule has 1 rings (SSSR count). The molecular formula is C13H19Cl2N3O. The number of hydrogen-bond donors (Lipinski definition) is 2.